The van der Waals surface area contributed by atoms with Crippen molar-refractivity contribution in [3.05, 3.63) is 53.6 Å². The largest absolute Gasteiger partial charge is 0.493 e. The summed E-state index contributed by atoms with van der Waals surface area (Å²) >= 11 is 0. The third kappa shape index (κ3) is 4.82. The number of hydrogen-bond donors (Lipinski definition) is 0. The van der Waals surface area contributed by atoms with E-state index in [4.69, 9.17) is 14.2 Å². The molecule has 0 bridgehead atoms. The van der Waals surface area contributed by atoms with Gasteiger partial charge in [0.25, 0.3) is 0 Å². The van der Waals surface area contributed by atoms with Crippen LogP contribution < -0.4 is 14.2 Å². The first-order valence-electron chi connectivity index (χ1n) is 9.89. The summed E-state index contributed by atoms with van der Waals surface area (Å²) in [4.78, 5) is 17.4. The van der Waals surface area contributed by atoms with Crippen LogP contribution in [0.3, 0.4) is 0 Å². The Hall–Kier alpha value is -2.73. The van der Waals surface area contributed by atoms with Crippen LogP contribution in [0.15, 0.2) is 42.5 Å². The summed E-state index contributed by atoms with van der Waals surface area (Å²) in [5.41, 5.74) is 2.17. The summed E-state index contributed by atoms with van der Waals surface area (Å²) in [6.45, 7) is 2.48. The van der Waals surface area contributed by atoms with Gasteiger partial charge in [-0.1, -0.05) is 30.3 Å². The molecule has 3 rings (SSSR count). The number of amides is 1. The number of benzene rings is 2. The molecule has 1 unspecified atom stereocenters. The number of likely N-dealkylation sites (N-methyl/N-ethyl adjacent to an activating group) is 1. The molecule has 0 aromatic heterocycles. The fourth-order valence-electron chi connectivity index (χ4n) is 3.85. The second kappa shape index (κ2) is 9.65. The molecule has 0 spiro atoms. The zero-order valence-electron chi connectivity index (χ0n) is 17.7. The Morgan fingerprint density at radius 1 is 1.00 bits per heavy atom. The fourth-order valence-corrected chi connectivity index (χ4v) is 3.85. The molecule has 6 nitrogen and oxygen atoms in total. The van der Waals surface area contributed by atoms with Gasteiger partial charge in [0.1, 0.15) is 0 Å². The van der Waals surface area contributed by atoms with Crippen LogP contribution >= 0.6 is 0 Å². The summed E-state index contributed by atoms with van der Waals surface area (Å²) in [6.07, 6.45) is 1.05. The lowest BCUT2D eigenvalue weighted by Gasteiger charge is -2.40. The van der Waals surface area contributed by atoms with Gasteiger partial charge in [0.15, 0.2) is 11.5 Å². The molecule has 1 aliphatic rings. The van der Waals surface area contributed by atoms with Crippen molar-refractivity contribution in [2.75, 3.05) is 48.0 Å². The van der Waals surface area contributed by atoms with Crippen molar-refractivity contribution in [1.82, 2.24) is 9.80 Å². The van der Waals surface area contributed by atoms with Crippen molar-refractivity contribution in [2.45, 2.75) is 18.9 Å². The monoisotopic (exact) mass is 398 g/mol. The van der Waals surface area contributed by atoms with E-state index in [1.807, 2.05) is 35.2 Å². The minimum Gasteiger partial charge on any atom is -0.493 e. The summed E-state index contributed by atoms with van der Waals surface area (Å²) < 4.78 is 16.2. The highest BCUT2D eigenvalue weighted by Gasteiger charge is 2.29. The second-order valence-corrected chi connectivity index (χ2v) is 7.31. The Bertz CT molecular complexity index is 800. The van der Waals surface area contributed by atoms with E-state index < -0.39 is 0 Å². The minimum atomic E-state index is 0.0855. The van der Waals surface area contributed by atoms with Crippen molar-refractivity contribution in [3.8, 4) is 17.2 Å². The first kappa shape index (κ1) is 21.0. The SMILES string of the molecule is COc1cc(CCC(=O)N2CCN(C)CC2c2ccccc2)cc(OC)c1OC. The van der Waals surface area contributed by atoms with Gasteiger partial charge in [-0.2, -0.15) is 0 Å². The summed E-state index contributed by atoms with van der Waals surface area (Å²) in [6, 6.07) is 14.2. The number of piperazine rings is 1. The molecule has 2 aromatic carbocycles. The number of carbonyl (C=O) groups is 1. The second-order valence-electron chi connectivity index (χ2n) is 7.31. The Morgan fingerprint density at radius 3 is 2.24 bits per heavy atom. The summed E-state index contributed by atoms with van der Waals surface area (Å²) in [7, 11) is 6.89. The van der Waals surface area contributed by atoms with E-state index in [2.05, 4.69) is 24.1 Å². The highest BCUT2D eigenvalue weighted by molar-refractivity contribution is 5.77. The number of methoxy groups -OCH3 is 3. The van der Waals surface area contributed by atoms with E-state index in [-0.39, 0.29) is 11.9 Å². The quantitative estimate of drug-likeness (QED) is 0.717. The van der Waals surface area contributed by atoms with Gasteiger partial charge >= 0.3 is 0 Å². The Kier molecular flexibility index (Phi) is 6.99. The van der Waals surface area contributed by atoms with Gasteiger partial charge in [0, 0.05) is 26.1 Å². The number of aryl methyl sites for hydroxylation is 1. The van der Waals surface area contributed by atoms with Crippen LogP contribution in [0.4, 0.5) is 0 Å². The van der Waals surface area contributed by atoms with E-state index in [0.29, 0.717) is 30.1 Å². The van der Waals surface area contributed by atoms with Crippen LogP contribution in [0.2, 0.25) is 0 Å². The molecule has 0 radical (unpaired) electrons. The molecule has 1 saturated heterocycles. The maximum Gasteiger partial charge on any atom is 0.223 e. The topological polar surface area (TPSA) is 51.2 Å². The molecular formula is C23H30N2O4. The Balaban J connectivity index is 1.74. The van der Waals surface area contributed by atoms with Gasteiger partial charge in [-0.25, -0.2) is 0 Å². The molecule has 6 heteroatoms. The van der Waals surface area contributed by atoms with Crippen LogP contribution in [-0.2, 0) is 11.2 Å². The molecule has 1 aliphatic heterocycles. The average Bonchev–Trinajstić information content (AvgIpc) is 2.77. The van der Waals surface area contributed by atoms with Crippen molar-refractivity contribution in [2.24, 2.45) is 0 Å². The number of nitrogens with zero attached hydrogens (tertiary/aromatic N) is 2. The van der Waals surface area contributed by atoms with Crippen molar-refractivity contribution in [3.63, 3.8) is 0 Å². The average molecular weight is 399 g/mol. The number of rotatable bonds is 7. The standard InChI is InChI=1S/C23H30N2O4/c1-24-12-13-25(19(16-24)18-8-6-5-7-9-18)22(26)11-10-17-14-20(27-2)23(29-4)21(15-17)28-3/h5-9,14-15,19H,10-13,16H2,1-4H3. The van der Waals surface area contributed by atoms with Crippen molar-refractivity contribution >= 4 is 5.91 Å². The molecule has 1 amide bonds. The molecule has 0 N–H and O–H groups in total. The van der Waals surface area contributed by atoms with E-state index in [1.54, 1.807) is 21.3 Å². The van der Waals surface area contributed by atoms with Gasteiger partial charge in [0.2, 0.25) is 11.7 Å². The molecule has 2 aromatic rings. The highest BCUT2D eigenvalue weighted by atomic mass is 16.5. The van der Waals surface area contributed by atoms with E-state index in [9.17, 15) is 4.79 Å². The number of ether oxygens (including phenoxy) is 3. The fraction of sp³-hybridized carbons (Fsp3) is 0.435. The number of carbonyl (C=O) groups excluding carboxylic acids is 1. The first-order chi connectivity index (χ1) is 14.1. The van der Waals surface area contributed by atoms with Crippen LogP contribution in [0.5, 0.6) is 17.2 Å². The molecular weight excluding hydrogens is 368 g/mol. The van der Waals surface area contributed by atoms with Gasteiger partial charge in [-0.15, -0.1) is 0 Å². The van der Waals surface area contributed by atoms with Crippen LogP contribution in [0.25, 0.3) is 0 Å². The Labute approximate surface area is 173 Å². The molecule has 0 aliphatic carbocycles. The van der Waals surface area contributed by atoms with E-state index in [0.717, 1.165) is 25.2 Å². The minimum absolute atomic E-state index is 0.0855. The van der Waals surface area contributed by atoms with Crippen molar-refractivity contribution < 1.29 is 19.0 Å². The van der Waals surface area contributed by atoms with Crippen LogP contribution in [-0.4, -0.2) is 63.7 Å². The summed E-state index contributed by atoms with van der Waals surface area (Å²) in [5, 5.41) is 0. The molecule has 1 fully saturated rings. The van der Waals surface area contributed by atoms with Crippen molar-refractivity contribution in [1.29, 1.82) is 0 Å². The van der Waals surface area contributed by atoms with Gasteiger partial charge in [-0.05, 0) is 36.7 Å². The van der Waals surface area contributed by atoms with Gasteiger partial charge in [0.05, 0.1) is 27.4 Å². The van der Waals surface area contributed by atoms with E-state index in [1.165, 1.54) is 5.56 Å². The van der Waals surface area contributed by atoms with Gasteiger partial charge in [-0.3, -0.25) is 4.79 Å². The maximum absolute atomic E-state index is 13.1. The normalized spacial score (nSPS) is 17.1. The van der Waals surface area contributed by atoms with E-state index >= 15 is 0 Å². The highest BCUT2D eigenvalue weighted by Crippen LogP contribution is 2.38. The lowest BCUT2D eigenvalue weighted by atomic mass is 10.0. The van der Waals surface area contributed by atoms with Gasteiger partial charge < -0.3 is 24.0 Å². The lowest BCUT2D eigenvalue weighted by Crippen LogP contribution is -2.49. The molecule has 1 atom stereocenters. The third-order valence-electron chi connectivity index (χ3n) is 5.44. The third-order valence-corrected chi connectivity index (χ3v) is 5.44. The van der Waals surface area contributed by atoms with Crippen LogP contribution in [0.1, 0.15) is 23.6 Å². The smallest absolute Gasteiger partial charge is 0.223 e. The zero-order valence-corrected chi connectivity index (χ0v) is 17.7. The maximum atomic E-state index is 13.1. The Morgan fingerprint density at radius 2 is 1.66 bits per heavy atom. The predicted molar refractivity (Wildman–Crippen MR) is 113 cm³/mol. The van der Waals surface area contributed by atoms with Crippen LogP contribution in [0, 0.1) is 0 Å². The molecule has 156 valence electrons. The molecule has 0 saturated carbocycles. The predicted octanol–water partition coefficient (Wildman–Crippen LogP) is 3.16. The summed E-state index contributed by atoms with van der Waals surface area (Å²) in [5.74, 6) is 1.95. The molecule has 29 heavy (non-hydrogen) atoms. The lowest BCUT2D eigenvalue weighted by molar-refractivity contribution is -0.136. The first-order valence-corrected chi connectivity index (χ1v) is 9.89. The number of hydrogen-bond acceptors (Lipinski definition) is 5. The zero-order chi connectivity index (χ0) is 20.8. The molecule has 1 heterocycles.